The highest BCUT2D eigenvalue weighted by molar-refractivity contribution is 5.99. The summed E-state index contributed by atoms with van der Waals surface area (Å²) in [5.74, 6) is -0.0518. The molecule has 0 aliphatic carbocycles. The van der Waals surface area contributed by atoms with Crippen LogP contribution < -0.4 is 20.9 Å². The predicted molar refractivity (Wildman–Crippen MR) is 133 cm³/mol. The van der Waals surface area contributed by atoms with Crippen LogP contribution in [0.15, 0.2) is 84.9 Å². The molecule has 6 heteroatoms. The first-order valence-electron chi connectivity index (χ1n) is 11.5. The van der Waals surface area contributed by atoms with Gasteiger partial charge in [-0.2, -0.15) is 0 Å². The van der Waals surface area contributed by atoms with Crippen LogP contribution in [0.4, 0.5) is 16.2 Å². The van der Waals surface area contributed by atoms with Gasteiger partial charge in [0.25, 0.3) is 5.91 Å². The van der Waals surface area contributed by atoms with Crippen LogP contribution in [0.3, 0.4) is 0 Å². The number of benzene rings is 3. The van der Waals surface area contributed by atoms with E-state index in [4.69, 9.17) is 0 Å². The summed E-state index contributed by atoms with van der Waals surface area (Å²) in [6, 6.07) is 27.3. The maximum Gasteiger partial charge on any atom is 0.319 e. The number of hydrogen-bond acceptors (Lipinski definition) is 3. The molecule has 4 rings (SSSR count). The summed E-state index contributed by atoms with van der Waals surface area (Å²) in [5.41, 5.74) is 3.62. The third-order valence-electron chi connectivity index (χ3n) is 5.89. The molecular formula is C27H30N4O2. The molecule has 1 fully saturated rings. The molecule has 0 saturated carbocycles. The number of amides is 3. The van der Waals surface area contributed by atoms with Crippen LogP contribution >= 0.6 is 0 Å². The zero-order chi connectivity index (χ0) is 22.9. The van der Waals surface area contributed by atoms with Crippen LogP contribution in [0.1, 0.15) is 28.8 Å². The fourth-order valence-electron chi connectivity index (χ4n) is 4.14. The predicted octanol–water partition coefficient (Wildman–Crippen LogP) is 4.45. The molecule has 0 bridgehead atoms. The standard InChI is InChI=1S/C27H30N4O2/c32-26(28-18-15-21-9-3-1-4-10-21)24-13-7-8-14-25(24)31-19-16-23(17-20-31)30-27(33)29-22-11-5-2-6-12-22/h1-14,23H,15-20H2,(H,28,32)(H2,29,30,33). The average Bonchev–Trinajstić information content (AvgIpc) is 2.86. The number of nitrogens with one attached hydrogen (secondary N) is 3. The van der Waals surface area contributed by atoms with Gasteiger partial charge in [-0.15, -0.1) is 0 Å². The number of carbonyl (C=O) groups excluding carboxylic acids is 2. The minimum absolute atomic E-state index is 0.0518. The van der Waals surface area contributed by atoms with Gasteiger partial charge in [0.2, 0.25) is 0 Å². The van der Waals surface area contributed by atoms with Crippen LogP contribution in [-0.4, -0.2) is 37.6 Å². The van der Waals surface area contributed by atoms with Gasteiger partial charge >= 0.3 is 6.03 Å². The maximum atomic E-state index is 12.9. The highest BCUT2D eigenvalue weighted by Crippen LogP contribution is 2.24. The molecular weight excluding hydrogens is 412 g/mol. The van der Waals surface area contributed by atoms with Crippen LogP contribution in [0.2, 0.25) is 0 Å². The van der Waals surface area contributed by atoms with Crippen LogP contribution in [-0.2, 0) is 6.42 Å². The Balaban J connectivity index is 1.28. The molecule has 170 valence electrons. The van der Waals surface area contributed by atoms with Gasteiger partial charge in [-0.25, -0.2) is 4.79 Å². The lowest BCUT2D eigenvalue weighted by Crippen LogP contribution is -2.46. The van der Waals surface area contributed by atoms with Crippen molar-refractivity contribution in [2.45, 2.75) is 25.3 Å². The second-order valence-corrected chi connectivity index (χ2v) is 8.23. The number of anilines is 2. The first kappa shape index (κ1) is 22.4. The van der Waals surface area contributed by atoms with E-state index < -0.39 is 0 Å². The summed E-state index contributed by atoms with van der Waals surface area (Å²) in [4.78, 5) is 27.4. The zero-order valence-corrected chi connectivity index (χ0v) is 18.7. The van der Waals surface area contributed by atoms with Crippen molar-refractivity contribution >= 4 is 23.3 Å². The van der Waals surface area contributed by atoms with Crippen molar-refractivity contribution in [2.75, 3.05) is 29.9 Å². The van der Waals surface area contributed by atoms with E-state index in [2.05, 4.69) is 33.0 Å². The average molecular weight is 443 g/mol. The lowest BCUT2D eigenvalue weighted by atomic mass is 10.0. The molecule has 0 unspecified atom stereocenters. The van der Waals surface area contributed by atoms with E-state index in [1.807, 2.05) is 72.8 Å². The molecule has 1 aliphatic heterocycles. The summed E-state index contributed by atoms with van der Waals surface area (Å²) in [5, 5.41) is 8.99. The van der Waals surface area contributed by atoms with Gasteiger partial charge < -0.3 is 20.9 Å². The summed E-state index contributed by atoms with van der Waals surface area (Å²) >= 11 is 0. The van der Waals surface area contributed by atoms with Gasteiger partial charge in [0, 0.05) is 37.1 Å². The Labute approximate surface area is 195 Å². The van der Waals surface area contributed by atoms with Crippen LogP contribution in [0.5, 0.6) is 0 Å². The highest BCUT2D eigenvalue weighted by Gasteiger charge is 2.23. The minimum atomic E-state index is -0.183. The van der Waals surface area contributed by atoms with Crippen molar-refractivity contribution in [1.82, 2.24) is 10.6 Å². The largest absolute Gasteiger partial charge is 0.371 e. The zero-order valence-electron chi connectivity index (χ0n) is 18.7. The second kappa shape index (κ2) is 11.2. The quantitative estimate of drug-likeness (QED) is 0.506. The third kappa shape index (κ3) is 6.35. The Hall–Kier alpha value is -3.80. The number of para-hydroxylation sites is 2. The summed E-state index contributed by atoms with van der Waals surface area (Å²) in [6.07, 6.45) is 2.45. The molecule has 0 atom stereocenters. The smallest absolute Gasteiger partial charge is 0.319 e. The van der Waals surface area contributed by atoms with E-state index in [-0.39, 0.29) is 18.0 Å². The van der Waals surface area contributed by atoms with Crippen LogP contribution in [0, 0.1) is 0 Å². The molecule has 1 heterocycles. The monoisotopic (exact) mass is 442 g/mol. The van der Waals surface area contributed by atoms with E-state index in [1.165, 1.54) is 5.56 Å². The summed E-state index contributed by atoms with van der Waals surface area (Å²) in [7, 11) is 0. The SMILES string of the molecule is O=C(Nc1ccccc1)NC1CCN(c2ccccc2C(=O)NCCc2ccccc2)CC1. The van der Waals surface area contributed by atoms with E-state index in [1.54, 1.807) is 0 Å². The molecule has 1 aliphatic rings. The molecule has 3 N–H and O–H groups in total. The van der Waals surface area contributed by atoms with Gasteiger partial charge in [-0.1, -0.05) is 60.7 Å². The normalized spacial score (nSPS) is 13.9. The van der Waals surface area contributed by atoms with Crippen LogP contribution in [0.25, 0.3) is 0 Å². The Bertz CT molecular complexity index is 1050. The Kier molecular flexibility index (Phi) is 7.59. The molecule has 1 saturated heterocycles. The molecule has 33 heavy (non-hydrogen) atoms. The fraction of sp³-hybridized carbons (Fsp3) is 0.259. The van der Waals surface area contributed by atoms with Crippen molar-refractivity contribution < 1.29 is 9.59 Å². The van der Waals surface area contributed by atoms with Crippen molar-refractivity contribution in [3.8, 4) is 0 Å². The van der Waals surface area contributed by atoms with Gasteiger partial charge in [-0.05, 0) is 49.1 Å². The van der Waals surface area contributed by atoms with Crippen molar-refractivity contribution in [2.24, 2.45) is 0 Å². The first-order valence-corrected chi connectivity index (χ1v) is 11.5. The number of nitrogens with zero attached hydrogens (tertiary/aromatic N) is 1. The van der Waals surface area contributed by atoms with Crippen molar-refractivity contribution in [3.63, 3.8) is 0 Å². The number of hydrogen-bond donors (Lipinski definition) is 3. The molecule has 3 aromatic carbocycles. The molecule has 0 radical (unpaired) electrons. The van der Waals surface area contributed by atoms with Gasteiger partial charge in [0.05, 0.1) is 5.56 Å². The van der Waals surface area contributed by atoms with Gasteiger partial charge in [-0.3, -0.25) is 4.79 Å². The van der Waals surface area contributed by atoms with Crippen molar-refractivity contribution in [3.05, 3.63) is 96.1 Å². The topological polar surface area (TPSA) is 73.5 Å². The highest BCUT2D eigenvalue weighted by atomic mass is 16.2. The molecule has 3 aromatic rings. The fourth-order valence-corrected chi connectivity index (χ4v) is 4.14. The van der Waals surface area contributed by atoms with Crippen molar-refractivity contribution in [1.29, 1.82) is 0 Å². The Morgan fingerprint density at radius 3 is 2.18 bits per heavy atom. The summed E-state index contributed by atoms with van der Waals surface area (Å²) < 4.78 is 0. The number of rotatable bonds is 7. The molecule has 3 amide bonds. The van der Waals surface area contributed by atoms with E-state index >= 15 is 0 Å². The van der Waals surface area contributed by atoms with E-state index in [9.17, 15) is 9.59 Å². The molecule has 0 aromatic heterocycles. The number of carbonyl (C=O) groups is 2. The maximum absolute atomic E-state index is 12.9. The molecule has 6 nitrogen and oxygen atoms in total. The number of piperidine rings is 1. The Morgan fingerprint density at radius 2 is 1.45 bits per heavy atom. The lowest BCUT2D eigenvalue weighted by Gasteiger charge is -2.34. The lowest BCUT2D eigenvalue weighted by molar-refractivity contribution is 0.0954. The number of urea groups is 1. The summed E-state index contributed by atoms with van der Waals surface area (Å²) in [6.45, 7) is 2.16. The van der Waals surface area contributed by atoms with E-state index in [0.29, 0.717) is 12.1 Å². The minimum Gasteiger partial charge on any atom is -0.371 e. The van der Waals surface area contributed by atoms with Gasteiger partial charge in [0.1, 0.15) is 0 Å². The molecule has 0 spiro atoms. The van der Waals surface area contributed by atoms with Gasteiger partial charge in [0.15, 0.2) is 0 Å². The van der Waals surface area contributed by atoms with E-state index in [0.717, 1.165) is 43.7 Å². The third-order valence-corrected chi connectivity index (χ3v) is 5.89. The Morgan fingerprint density at radius 1 is 0.818 bits per heavy atom. The second-order valence-electron chi connectivity index (χ2n) is 8.23. The first-order chi connectivity index (χ1) is 16.2.